The molecule has 2 aromatic heterocycles. The van der Waals surface area contributed by atoms with Crippen LogP contribution in [0.4, 0.5) is 0 Å². The number of aliphatic hydroxyl groups excluding tert-OH is 5. The number of hydrogen-bond donors (Lipinski definition) is 5. The molecule has 1 saturated heterocycles. The number of aromatic nitrogens is 4. The SMILES string of the molecule is OC[C@H]1O[C@@H](n2cnc3c(Cl)ncnc32)[C@H](O)[C@H](O)[C@@H](O)[C@@H]1O. The van der Waals surface area contributed by atoms with Gasteiger partial charge in [0.1, 0.15) is 42.4 Å². The van der Waals surface area contributed by atoms with Crippen molar-refractivity contribution in [3.8, 4) is 0 Å². The molecular formula is C12H15ClN4O6. The van der Waals surface area contributed by atoms with Crippen LogP contribution in [-0.4, -0.2) is 82.2 Å². The largest absolute Gasteiger partial charge is 0.394 e. The average molecular weight is 347 g/mol. The molecule has 1 aliphatic heterocycles. The van der Waals surface area contributed by atoms with Gasteiger partial charge in [-0.1, -0.05) is 11.6 Å². The van der Waals surface area contributed by atoms with Crippen LogP contribution in [0.3, 0.4) is 0 Å². The fourth-order valence-corrected chi connectivity index (χ4v) is 2.70. The van der Waals surface area contributed by atoms with Crippen molar-refractivity contribution in [2.45, 2.75) is 36.7 Å². The zero-order valence-electron chi connectivity index (χ0n) is 11.6. The lowest BCUT2D eigenvalue weighted by Crippen LogP contribution is -2.47. The molecule has 11 heteroatoms. The van der Waals surface area contributed by atoms with Gasteiger partial charge in [-0.05, 0) is 0 Å². The Hall–Kier alpha value is -1.40. The first-order valence-corrected chi connectivity index (χ1v) is 7.15. The van der Waals surface area contributed by atoms with Crippen molar-refractivity contribution in [3.05, 3.63) is 17.8 Å². The Morgan fingerprint density at radius 3 is 2.43 bits per heavy atom. The first-order chi connectivity index (χ1) is 11.0. The summed E-state index contributed by atoms with van der Waals surface area (Å²) in [6.45, 7) is -0.628. The van der Waals surface area contributed by atoms with E-state index in [1.165, 1.54) is 17.2 Å². The quantitative estimate of drug-likeness (QED) is 0.381. The van der Waals surface area contributed by atoms with Crippen LogP contribution in [0.2, 0.25) is 5.15 Å². The van der Waals surface area contributed by atoms with Gasteiger partial charge in [-0.2, -0.15) is 0 Å². The van der Waals surface area contributed by atoms with Crippen molar-refractivity contribution in [1.82, 2.24) is 19.5 Å². The third-order valence-corrected chi connectivity index (χ3v) is 4.08. The van der Waals surface area contributed by atoms with Gasteiger partial charge < -0.3 is 30.3 Å². The summed E-state index contributed by atoms with van der Waals surface area (Å²) in [7, 11) is 0. The van der Waals surface area contributed by atoms with Gasteiger partial charge in [-0.3, -0.25) is 4.57 Å². The second-order valence-electron chi connectivity index (χ2n) is 5.20. The summed E-state index contributed by atoms with van der Waals surface area (Å²) in [4.78, 5) is 11.8. The number of rotatable bonds is 2. The highest BCUT2D eigenvalue weighted by Gasteiger charge is 2.45. The predicted molar refractivity (Wildman–Crippen MR) is 75.4 cm³/mol. The molecule has 10 nitrogen and oxygen atoms in total. The van der Waals surface area contributed by atoms with E-state index in [0.29, 0.717) is 0 Å². The maximum Gasteiger partial charge on any atom is 0.167 e. The number of fused-ring (bicyclic) bond motifs is 1. The highest BCUT2D eigenvalue weighted by molar-refractivity contribution is 6.33. The molecule has 1 fully saturated rings. The van der Waals surface area contributed by atoms with Gasteiger partial charge in [-0.15, -0.1) is 0 Å². The molecule has 126 valence electrons. The van der Waals surface area contributed by atoms with Crippen molar-refractivity contribution in [2.75, 3.05) is 6.61 Å². The first-order valence-electron chi connectivity index (χ1n) is 6.77. The second-order valence-corrected chi connectivity index (χ2v) is 5.56. The lowest BCUT2D eigenvalue weighted by molar-refractivity contribution is -0.149. The number of ether oxygens (including phenoxy) is 1. The Labute approximate surface area is 134 Å². The molecule has 1 aliphatic rings. The molecule has 0 bridgehead atoms. The van der Waals surface area contributed by atoms with Crippen LogP contribution in [0.15, 0.2) is 12.7 Å². The summed E-state index contributed by atoms with van der Waals surface area (Å²) in [6, 6.07) is 0. The summed E-state index contributed by atoms with van der Waals surface area (Å²) in [5, 5.41) is 49.4. The Bertz CT molecular complexity index is 697. The summed E-state index contributed by atoms with van der Waals surface area (Å²) in [5.74, 6) is 0. The maximum absolute atomic E-state index is 10.3. The predicted octanol–water partition coefficient (Wildman–Crippen LogP) is -2.19. The van der Waals surface area contributed by atoms with Crippen molar-refractivity contribution >= 4 is 22.8 Å². The van der Waals surface area contributed by atoms with Crippen LogP contribution in [0.25, 0.3) is 11.2 Å². The van der Waals surface area contributed by atoms with Gasteiger partial charge in [0.15, 0.2) is 17.0 Å². The van der Waals surface area contributed by atoms with Gasteiger partial charge in [-0.25, -0.2) is 15.0 Å². The first kappa shape index (κ1) is 16.5. The zero-order chi connectivity index (χ0) is 16.7. The molecule has 23 heavy (non-hydrogen) atoms. The third-order valence-electron chi connectivity index (χ3n) is 3.81. The third kappa shape index (κ3) is 2.68. The van der Waals surface area contributed by atoms with Crippen LogP contribution >= 0.6 is 11.6 Å². The minimum atomic E-state index is -1.71. The number of nitrogens with zero attached hydrogens (tertiary/aromatic N) is 4. The number of imidazole rings is 1. The van der Waals surface area contributed by atoms with Gasteiger partial charge in [0.05, 0.1) is 12.9 Å². The van der Waals surface area contributed by atoms with E-state index in [4.69, 9.17) is 16.3 Å². The molecule has 0 aromatic carbocycles. The Morgan fingerprint density at radius 1 is 1.04 bits per heavy atom. The van der Waals surface area contributed by atoms with Gasteiger partial charge in [0.25, 0.3) is 0 Å². The van der Waals surface area contributed by atoms with E-state index in [9.17, 15) is 25.5 Å². The highest BCUT2D eigenvalue weighted by atomic mass is 35.5. The van der Waals surface area contributed by atoms with E-state index < -0.39 is 43.4 Å². The Kier molecular flexibility index (Phi) is 4.47. The Morgan fingerprint density at radius 2 is 1.74 bits per heavy atom. The topological polar surface area (TPSA) is 154 Å². The van der Waals surface area contributed by atoms with Gasteiger partial charge in [0, 0.05) is 0 Å². The van der Waals surface area contributed by atoms with E-state index in [-0.39, 0.29) is 16.3 Å². The molecule has 0 spiro atoms. The average Bonchev–Trinajstić information content (AvgIpc) is 2.95. The minimum absolute atomic E-state index is 0.0937. The molecule has 6 atom stereocenters. The highest BCUT2D eigenvalue weighted by Crippen LogP contribution is 2.30. The van der Waals surface area contributed by atoms with E-state index in [1.54, 1.807) is 0 Å². The number of halogens is 1. The zero-order valence-corrected chi connectivity index (χ0v) is 12.4. The normalized spacial score (nSPS) is 35.4. The lowest BCUT2D eigenvalue weighted by atomic mass is 10.0. The Balaban J connectivity index is 2.06. The fraction of sp³-hybridized carbons (Fsp3) is 0.583. The number of hydrogen-bond acceptors (Lipinski definition) is 9. The molecule has 2 aromatic rings. The van der Waals surface area contributed by atoms with Crippen molar-refractivity contribution in [1.29, 1.82) is 0 Å². The van der Waals surface area contributed by atoms with Crippen LogP contribution in [-0.2, 0) is 4.74 Å². The van der Waals surface area contributed by atoms with E-state index in [2.05, 4.69) is 15.0 Å². The summed E-state index contributed by atoms with van der Waals surface area (Å²) < 4.78 is 6.75. The van der Waals surface area contributed by atoms with Crippen molar-refractivity contribution < 1.29 is 30.3 Å². The molecular weight excluding hydrogens is 332 g/mol. The van der Waals surface area contributed by atoms with Crippen LogP contribution in [0, 0.1) is 0 Å². The van der Waals surface area contributed by atoms with Gasteiger partial charge in [0.2, 0.25) is 0 Å². The van der Waals surface area contributed by atoms with Crippen molar-refractivity contribution in [3.63, 3.8) is 0 Å². The van der Waals surface area contributed by atoms with Gasteiger partial charge >= 0.3 is 0 Å². The molecule has 3 rings (SSSR count). The number of aliphatic hydroxyl groups is 5. The smallest absolute Gasteiger partial charge is 0.167 e. The monoisotopic (exact) mass is 346 g/mol. The standard InChI is InChI=1S/C12H15ClN4O6/c13-10-5-11(15-2-14-10)17(3-16-5)12-9(22)8(21)7(20)6(19)4(1-18)23-12/h2-4,6-9,12,18-22H,1H2/t4-,6-,7+,8-,9-,12-/m1/s1. The molecule has 0 radical (unpaired) electrons. The van der Waals surface area contributed by atoms with E-state index in [1.807, 2.05) is 0 Å². The maximum atomic E-state index is 10.3. The summed E-state index contributed by atoms with van der Waals surface area (Å²) >= 11 is 5.91. The summed E-state index contributed by atoms with van der Waals surface area (Å²) in [5.41, 5.74) is 0.481. The summed E-state index contributed by atoms with van der Waals surface area (Å²) in [6.07, 6.45) is -6.62. The van der Waals surface area contributed by atoms with Crippen molar-refractivity contribution in [2.24, 2.45) is 0 Å². The van der Waals surface area contributed by atoms with Crippen LogP contribution < -0.4 is 0 Å². The van der Waals surface area contributed by atoms with E-state index in [0.717, 1.165) is 0 Å². The van der Waals surface area contributed by atoms with E-state index >= 15 is 0 Å². The second kappa shape index (κ2) is 6.24. The molecule has 5 N–H and O–H groups in total. The molecule has 0 amide bonds. The van der Waals surface area contributed by atoms with Crippen LogP contribution in [0.1, 0.15) is 6.23 Å². The molecule has 0 aliphatic carbocycles. The lowest BCUT2D eigenvalue weighted by Gasteiger charge is -2.26. The minimum Gasteiger partial charge on any atom is -0.394 e. The fourth-order valence-electron chi connectivity index (χ4n) is 2.52. The molecule has 0 unspecified atom stereocenters. The van der Waals surface area contributed by atoms with Crippen LogP contribution in [0.5, 0.6) is 0 Å². The molecule has 3 heterocycles. The molecule has 0 saturated carbocycles.